The van der Waals surface area contributed by atoms with Crippen molar-refractivity contribution in [3.8, 4) is 0 Å². The van der Waals surface area contributed by atoms with Gasteiger partial charge in [0.05, 0.1) is 18.1 Å². The van der Waals surface area contributed by atoms with Crippen LogP contribution >= 0.6 is 22.6 Å². The van der Waals surface area contributed by atoms with Crippen LogP contribution in [0.1, 0.15) is 12.2 Å². The number of hydrogen-bond acceptors (Lipinski definition) is 4. The quantitative estimate of drug-likeness (QED) is 0.340. The zero-order valence-electron chi connectivity index (χ0n) is 10.4. The number of nitrogens with zero attached hydrogens (tertiary/aromatic N) is 2. The smallest absolute Gasteiger partial charge is 0.254 e. The Bertz CT molecular complexity index is 633. The highest BCUT2D eigenvalue weighted by molar-refractivity contribution is 14.1. The summed E-state index contributed by atoms with van der Waals surface area (Å²) in [5, 5.41) is 5.06. The lowest BCUT2D eigenvalue weighted by molar-refractivity contribution is -0.140. The van der Waals surface area contributed by atoms with Gasteiger partial charge in [0.2, 0.25) is 0 Å². The molecule has 2 heterocycles. The maximum atomic E-state index is 12.3. The lowest BCUT2D eigenvalue weighted by Gasteiger charge is -2.13. The molecule has 1 saturated heterocycles. The summed E-state index contributed by atoms with van der Waals surface area (Å²) in [6, 6.07) is 3.55. The molecule has 2 fully saturated rings. The van der Waals surface area contributed by atoms with Crippen molar-refractivity contribution in [3.05, 3.63) is 33.8 Å². The minimum atomic E-state index is -0.202. The Morgan fingerprint density at radius 2 is 1.85 bits per heavy atom. The van der Waals surface area contributed by atoms with Gasteiger partial charge in [0.15, 0.2) is 3.77 Å². The van der Waals surface area contributed by atoms with Crippen LogP contribution in [0, 0.1) is 27.4 Å². The molecule has 102 valence electrons. The van der Waals surface area contributed by atoms with E-state index in [1.54, 1.807) is 12.1 Å². The first kappa shape index (κ1) is 12.3. The molecule has 0 radical (unpaired) electrons. The molecule has 20 heavy (non-hydrogen) atoms. The van der Waals surface area contributed by atoms with Gasteiger partial charge in [-0.1, -0.05) is 12.2 Å². The second kappa shape index (κ2) is 4.28. The summed E-state index contributed by atoms with van der Waals surface area (Å²) in [6.07, 6.45) is 6.49. The van der Waals surface area contributed by atoms with Gasteiger partial charge in [-0.2, -0.15) is 10.1 Å². The van der Waals surface area contributed by atoms with Gasteiger partial charge in [0.25, 0.3) is 11.8 Å². The Morgan fingerprint density at radius 1 is 1.20 bits per heavy atom. The normalized spacial score (nSPS) is 34.8. The van der Waals surface area contributed by atoms with Crippen molar-refractivity contribution in [2.45, 2.75) is 6.42 Å². The van der Waals surface area contributed by atoms with Crippen LogP contribution in [0.2, 0.25) is 0 Å². The van der Waals surface area contributed by atoms with E-state index in [1.807, 2.05) is 22.6 Å². The Hall–Kier alpha value is -1.44. The third kappa shape index (κ3) is 1.63. The van der Waals surface area contributed by atoms with Gasteiger partial charge in [0.1, 0.15) is 5.76 Å². The maximum Gasteiger partial charge on any atom is 0.254 e. The van der Waals surface area contributed by atoms with E-state index in [9.17, 15) is 9.59 Å². The molecule has 2 aliphatic carbocycles. The van der Waals surface area contributed by atoms with Crippen LogP contribution in [0.15, 0.2) is 33.8 Å². The van der Waals surface area contributed by atoms with Crippen LogP contribution in [0.5, 0.6) is 0 Å². The Morgan fingerprint density at radius 3 is 2.40 bits per heavy atom. The summed E-state index contributed by atoms with van der Waals surface area (Å²) in [5.74, 6) is 0.215. The number of halogens is 1. The Labute approximate surface area is 128 Å². The predicted octanol–water partition coefficient (Wildman–Crippen LogP) is 2.03. The zero-order valence-corrected chi connectivity index (χ0v) is 12.6. The molecule has 4 rings (SSSR count). The SMILES string of the molecule is O=C1[C@H]2[C@H](C(=O)N1/N=C\c1ccc(I)o1)[C@H]1C=C[C@H]2C1. The number of carbonyl (C=O) groups excluding carboxylic acids is 2. The molecule has 2 bridgehead atoms. The molecular weight excluding hydrogens is 371 g/mol. The fourth-order valence-electron chi connectivity index (χ4n) is 3.51. The van der Waals surface area contributed by atoms with Crippen molar-refractivity contribution < 1.29 is 14.0 Å². The highest BCUT2D eigenvalue weighted by atomic mass is 127. The van der Waals surface area contributed by atoms with Crippen molar-refractivity contribution in [1.29, 1.82) is 0 Å². The molecule has 1 aromatic heterocycles. The zero-order chi connectivity index (χ0) is 13.9. The molecule has 0 N–H and O–H groups in total. The van der Waals surface area contributed by atoms with Crippen LogP contribution in [-0.2, 0) is 9.59 Å². The van der Waals surface area contributed by atoms with E-state index in [0.717, 1.165) is 15.2 Å². The molecule has 2 amide bonds. The first-order valence-corrected chi connectivity index (χ1v) is 7.58. The number of amides is 2. The average molecular weight is 382 g/mol. The van der Waals surface area contributed by atoms with E-state index in [2.05, 4.69) is 17.3 Å². The second-order valence-corrected chi connectivity index (χ2v) is 6.44. The van der Waals surface area contributed by atoms with Gasteiger partial charge < -0.3 is 4.42 Å². The maximum absolute atomic E-state index is 12.3. The van der Waals surface area contributed by atoms with Crippen LogP contribution in [-0.4, -0.2) is 23.0 Å². The molecule has 0 aromatic carbocycles. The number of allylic oxidation sites excluding steroid dienone is 2. The van der Waals surface area contributed by atoms with Crippen molar-refractivity contribution in [3.63, 3.8) is 0 Å². The Balaban J connectivity index is 1.60. The number of rotatable bonds is 2. The molecule has 1 saturated carbocycles. The van der Waals surface area contributed by atoms with E-state index in [4.69, 9.17) is 4.42 Å². The van der Waals surface area contributed by atoms with Crippen LogP contribution in [0.4, 0.5) is 0 Å². The molecule has 4 atom stereocenters. The molecule has 6 heteroatoms. The molecular formula is C14H11IN2O3. The lowest BCUT2D eigenvalue weighted by Crippen LogP contribution is -2.28. The summed E-state index contributed by atoms with van der Waals surface area (Å²) >= 11 is 2.05. The van der Waals surface area contributed by atoms with E-state index in [-0.39, 0.29) is 35.5 Å². The van der Waals surface area contributed by atoms with Gasteiger partial charge in [-0.15, -0.1) is 0 Å². The largest absolute Gasteiger partial charge is 0.449 e. The number of furan rings is 1. The van der Waals surface area contributed by atoms with Gasteiger partial charge in [-0.05, 0) is 53.0 Å². The van der Waals surface area contributed by atoms with Crippen molar-refractivity contribution in [2.75, 3.05) is 0 Å². The summed E-state index contributed by atoms with van der Waals surface area (Å²) in [5.41, 5.74) is 0. The average Bonchev–Trinajstić information content (AvgIpc) is 3.15. The summed E-state index contributed by atoms with van der Waals surface area (Å²) in [7, 11) is 0. The number of hydrogen-bond donors (Lipinski definition) is 0. The van der Waals surface area contributed by atoms with Crippen LogP contribution < -0.4 is 0 Å². The second-order valence-electron chi connectivity index (χ2n) is 5.37. The lowest BCUT2D eigenvalue weighted by atomic mass is 9.85. The first-order chi connectivity index (χ1) is 9.65. The first-order valence-electron chi connectivity index (χ1n) is 6.50. The summed E-state index contributed by atoms with van der Waals surface area (Å²) in [6.45, 7) is 0. The molecule has 0 spiro atoms. The highest BCUT2D eigenvalue weighted by Gasteiger charge is 2.59. The third-order valence-electron chi connectivity index (χ3n) is 4.34. The number of imide groups is 1. The van der Waals surface area contributed by atoms with Crippen LogP contribution in [0.3, 0.4) is 0 Å². The standard InChI is InChI=1S/C14H11IN2O3/c15-10-4-3-9(20-10)6-16-17-13(18)11-7-1-2-8(5-7)12(11)14(17)19/h1-4,6-8,11-12H,5H2/b16-6-/t7-,8-,11+,12+/m0/s1. The van der Waals surface area contributed by atoms with Gasteiger partial charge in [0, 0.05) is 0 Å². The van der Waals surface area contributed by atoms with E-state index >= 15 is 0 Å². The molecule has 0 unspecified atom stereocenters. The van der Waals surface area contributed by atoms with Crippen LogP contribution in [0.25, 0.3) is 0 Å². The highest BCUT2D eigenvalue weighted by Crippen LogP contribution is 2.52. The van der Waals surface area contributed by atoms with E-state index < -0.39 is 0 Å². The summed E-state index contributed by atoms with van der Waals surface area (Å²) in [4.78, 5) is 24.7. The minimum Gasteiger partial charge on any atom is -0.449 e. The molecule has 5 nitrogen and oxygen atoms in total. The number of hydrazone groups is 1. The molecule has 3 aliphatic rings. The van der Waals surface area contributed by atoms with Gasteiger partial charge in [-0.25, -0.2) is 0 Å². The van der Waals surface area contributed by atoms with Gasteiger partial charge in [-0.3, -0.25) is 9.59 Å². The third-order valence-corrected chi connectivity index (χ3v) is 4.92. The predicted molar refractivity (Wildman–Crippen MR) is 78.6 cm³/mol. The van der Waals surface area contributed by atoms with Crippen molar-refractivity contribution in [2.24, 2.45) is 28.8 Å². The molecule has 1 aliphatic heterocycles. The van der Waals surface area contributed by atoms with Crippen molar-refractivity contribution >= 4 is 40.6 Å². The number of carbonyl (C=O) groups is 2. The van der Waals surface area contributed by atoms with Crippen molar-refractivity contribution in [1.82, 2.24) is 5.01 Å². The minimum absolute atomic E-state index is 0.172. The molecule has 1 aromatic rings. The Kier molecular flexibility index (Phi) is 2.63. The monoisotopic (exact) mass is 382 g/mol. The van der Waals surface area contributed by atoms with Gasteiger partial charge >= 0.3 is 0 Å². The fourth-order valence-corrected chi connectivity index (χ4v) is 3.95. The van der Waals surface area contributed by atoms with E-state index in [1.165, 1.54) is 6.21 Å². The number of fused-ring (bicyclic) bond motifs is 5. The fraction of sp³-hybridized carbons (Fsp3) is 0.357. The van der Waals surface area contributed by atoms with E-state index in [0.29, 0.717) is 5.76 Å². The summed E-state index contributed by atoms with van der Waals surface area (Å²) < 4.78 is 6.08. The topological polar surface area (TPSA) is 62.9 Å².